The number of nitriles is 1. The summed E-state index contributed by atoms with van der Waals surface area (Å²) in [6.07, 6.45) is 0. The van der Waals surface area contributed by atoms with Gasteiger partial charge < -0.3 is 10.6 Å². The van der Waals surface area contributed by atoms with Crippen LogP contribution in [-0.4, -0.2) is 19.6 Å². The summed E-state index contributed by atoms with van der Waals surface area (Å²) < 4.78 is 0. The van der Waals surface area contributed by atoms with Crippen LogP contribution in [0.3, 0.4) is 0 Å². The Morgan fingerprint density at radius 3 is 2.79 bits per heavy atom. The fourth-order valence-corrected chi connectivity index (χ4v) is 1.20. The fraction of sp³-hybridized carbons (Fsp3) is 0.364. The molecule has 0 fully saturated rings. The summed E-state index contributed by atoms with van der Waals surface area (Å²) in [5.41, 5.74) is 1.61. The third-order valence-corrected chi connectivity index (χ3v) is 1.91. The van der Waals surface area contributed by atoms with Crippen LogP contribution in [0.15, 0.2) is 24.3 Å². The van der Waals surface area contributed by atoms with E-state index < -0.39 is 0 Å². The molecule has 0 atom stereocenters. The van der Waals surface area contributed by atoms with Gasteiger partial charge in [-0.3, -0.25) is 0 Å². The number of hydrogen-bond acceptors (Lipinski definition) is 3. The lowest BCUT2D eigenvalue weighted by Crippen LogP contribution is -2.21. The van der Waals surface area contributed by atoms with Gasteiger partial charge in [0.2, 0.25) is 0 Å². The first-order valence-electron chi connectivity index (χ1n) is 4.82. The Balaban J connectivity index is 2.46. The standard InChI is InChI=1S/C11H15N3/c1-2-13-7-8-14-11-6-4-3-5-10(11)9-12/h3-6,13-14H,2,7-8H2,1H3. The lowest BCUT2D eigenvalue weighted by atomic mass is 10.2. The summed E-state index contributed by atoms with van der Waals surface area (Å²) in [6.45, 7) is 4.80. The van der Waals surface area contributed by atoms with E-state index >= 15 is 0 Å². The van der Waals surface area contributed by atoms with E-state index in [4.69, 9.17) is 5.26 Å². The normalized spacial score (nSPS) is 9.43. The lowest BCUT2D eigenvalue weighted by Gasteiger charge is -2.07. The summed E-state index contributed by atoms with van der Waals surface area (Å²) in [4.78, 5) is 0. The highest BCUT2D eigenvalue weighted by molar-refractivity contribution is 5.57. The van der Waals surface area contributed by atoms with Crippen molar-refractivity contribution in [3.05, 3.63) is 29.8 Å². The van der Waals surface area contributed by atoms with Gasteiger partial charge in [0.05, 0.1) is 11.3 Å². The number of nitrogens with zero attached hydrogens (tertiary/aromatic N) is 1. The van der Waals surface area contributed by atoms with Gasteiger partial charge in [-0.2, -0.15) is 5.26 Å². The van der Waals surface area contributed by atoms with E-state index in [9.17, 15) is 0 Å². The molecular weight excluding hydrogens is 174 g/mol. The molecule has 0 aromatic heterocycles. The van der Waals surface area contributed by atoms with E-state index in [1.807, 2.05) is 24.3 Å². The largest absolute Gasteiger partial charge is 0.383 e. The molecule has 0 saturated carbocycles. The van der Waals surface area contributed by atoms with Crippen LogP contribution in [0.4, 0.5) is 5.69 Å². The van der Waals surface area contributed by atoms with Crippen molar-refractivity contribution in [2.45, 2.75) is 6.92 Å². The molecule has 2 N–H and O–H groups in total. The van der Waals surface area contributed by atoms with Crippen molar-refractivity contribution >= 4 is 5.69 Å². The number of rotatable bonds is 5. The average Bonchev–Trinajstić information content (AvgIpc) is 2.25. The minimum Gasteiger partial charge on any atom is -0.383 e. The molecule has 3 nitrogen and oxygen atoms in total. The van der Waals surface area contributed by atoms with Gasteiger partial charge in [0.25, 0.3) is 0 Å². The second-order valence-corrected chi connectivity index (χ2v) is 2.94. The zero-order valence-corrected chi connectivity index (χ0v) is 8.38. The minimum atomic E-state index is 0.698. The second kappa shape index (κ2) is 6.01. The Hall–Kier alpha value is -1.53. The molecule has 0 spiro atoms. The van der Waals surface area contributed by atoms with Crippen LogP contribution in [-0.2, 0) is 0 Å². The van der Waals surface area contributed by atoms with Gasteiger partial charge in [-0.15, -0.1) is 0 Å². The number of hydrogen-bond donors (Lipinski definition) is 2. The van der Waals surface area contributed by atoms with E-state index in [0.717, 1.165) is 25.3 Å². The molecule has 3 heteroatoms. The number of para-hydroxylation sites is 1. The molecule has 0 aliphatic rings. The Morgan fingerprint density at radius 1 is 1.29 bits per heavy atom. The fourth-order valence-electron chi connectivity index (χ4n) is 1.20. The van der Waals surface area contributed by atoms with E-state index in [1.54, 1.807) is 0 Å². The van der Waals surface area contributed by atoms with Crippen molar-refractivity contribution in [1.82, 2.24) is 5.32 Å². The Morgan fingerprint density at radius 2 is 2.07 bits per heavy atom. The van der Waals surface area contributed by atoms with Gasteiger partial charge in [-0.05, 0) is 18.7 Å². The SMILES string of the molecule is CCNCCNc1ccccc1C#N. The van der Waals surface area contributed by atoms with Crippen molar-refractivity contribution < 1.29 is 0 Å². The highest BCUT2D eigenvalue weighted by Crippen LogP contribution is 2.12. The van der Waals surface area contributed by atoms with Crippen LogP contribution in [0.1, 0.15) is 12.5 Å². The molecule has 0 aliphatic carbocycles. The molecule has 0 amide bonds. The Labute approximate surface area is 84.7 Å². The van der Waals surface area contributed by atoms with Gasteiger partial charge in [0.15, 0.2) is 0 Å². The molecule has 0 heterocycles. The first kappa shape index (κ1) is 10.6. The average molecular weight is 189 g/mol. The number of benzene rings is 1. The lowest BCUT2D eigenvalue weighted by molar-refractivity contribution is 0.739. The van der Waals surface area contributed by atoms with Crippen LogP contribution < -0.4 is 10.6 Å². The summed E-state index contributed by atoms with van der Waals surface area (Å²) in [6, 6.07) is 9.69. The predicted octanol–water partition coefficient (Wildman–Crippen LogP) is 1.58. The van der Waals surface area contributed by atoms with Crippen LogP contribution in [0, 0.1) is 11.3 Å². The molecule has 1 aromatic carbocycles. The van der Waals surface area contributed by atoms with Gasteiger partial charge in [0, 0.05) is 13.1 Å². The zero-order chi connectivity index (χ0) is 10.2. The summed E-state index contributed by atoms with van der Waals surface area (Å²) in [5.74, 6) is 0. The molecule has 0 saturated heterocycles. The van der Waals surface area contributed by atoms with Crippen molar-refractivity contribution in [2.75, 3.05) is 25.0 Å². The topological polar surface area (TPSA) is 47.8 Å². The molecule has 0 aliphatic heterocycles. The quantitative estimate of drug-likeness (QED) is 0.691. The second-order valence-electron chi connectivity index (χ2n) is 2.94. The maximum absolute atomic E-state index is 8.82. The molecule has 1 rings (SSSR count). The first-order valence-corrected chi connectivity index (χ1v) is 4.82. The summed E-state index contributed by atoms with van der Waals surface area (Å²) in [5, 5.41) is 15.2. The molecular formula is C11H15N3. The Kier molecular flexibility index (Phi) is 4.53. The first-order chi connectivity index (χ1) is 6.88. The molecule has 0 unspecified atom stereocenters. The number of likely N-dealkylation sites (N-methyl/N-ethyl adjacent to an activating group) is 1. The molecule has 14 heavy (non-hydrogen) atoms. The maximum atomic E-state index is 8.82. The monoisotopic (exact) mass is 189 g/mol. The van der Waals surface area contributed by atoms with Crippen molar-refractivity contribution in [3.8, 4) is 6.07 Å². The van der Waals surface area contributed by atoms with Gasteiger partial charge in [0.1, 0.15) is 6.07 Å². The predicted molar refractivity (Wildman–Crippen MR) is 58.2 cm³/mol. The van der Waals surface area contributed by atoms with E-state index in [1.165, 1.54) is 0 Å². The van der Waals surface area contributed by atoms with E-state index in [0.29, 0.717) is 5.56 Å². The van der Waals surface area contributed by atoms with Crippen LogP contribution in [0.25, 0.3) is 0 Å². The van der Waals surface area contributed by atoms with Crippen molar-refractivity contribution in [1.29, 1.82) is 5.26 Å². The third-order valence-electron chi connectivity index (χ3n) is 1.91. The molecule has 0 radical (unpaired) electrons. The van der Waals surface area contributed by atoms with Crippen molar-refractivity contribution in [2.24, 2.45) is 0 Å². The highest BCUT2D eigenvalue weighted by Gasteiger charge is 1.97. The maximum Gasteiger partial charge on any atom is 0.101 e. The van der Waals surface area contributed by atoms with Gasteiger partial charge in [-0.25, -0.2) is 0 Å². The molecule has 1 aromatic rings. The molecule has 74 valence electrons. The summed E-state index contributed by atoms with van der Waals surface area (Å²) >= 11 is 0. The van der Waals surface area contributed by atoms with E-state index in [2.05, 4.69) is 23.6 Å². The van der Waals surface area contributed by atoms with Gasteiger partial charge >= 0.3 is 0 Å². The molecule has 0 bridgehead atoms. The van der Waals surface area contributed by atoms with E-state index in [-0.39, 0.29) is 0 Å². The van der Waals surface area contributed by atoms with Crippen LogP contribution >= 0.6 is 0 Å². The highest BCUT2D eigenvalue weighted by atomic mass is 14.9. The van der Waals surface area contributed by atoms with Crippen LogP contribution in [0.5, 0.6) is 0 Å². The van der Waals surface area contributed by atoms with Crippen LogP contribution in [0.2, 0.25) is 0 Å². The number of anilines is 1. The smallest absolute Gasteiger partial charge is 0.101 e. The van der Waals surface area contributed by atoms with Gasteiger partial charge in [-0.1, -0.05) is 19.1 Å². The minimum absolute atomic E-state index is 0.698. The summed E-state index contributed by atoms with van der Waals surface area (Å²) in [7, 11) is 0. The zero-order valence-electron chi connectivity index (χ0n) is 8.38. The number of nitrogens with one attached hydrogen (secondary N) is 2. The Bertz CT molecular complexity index is 315. The third kappa shape index (κ3) is 3.08. The van der Waals surface area contributed by atoms with Crippen molar-refractivity contribution in [3.63, 3.8) is 0 Å².